The second-order valence-electron chi connectivity index (χ2n) is 11.4. The van der Waals surface area contributed by atoms with E-state index in [9.17, 15) is 14.4 Å². The number of benzene rings is 2. The fourth-order valence-corrected chi connectivity index (χ4v) is 8.23. The van der Waals surface area contributed by atoms with Gasteiger partial charge in [0.25, 0.3) is 11.8 Å². The number of amides is 2. The largest absolute Gasteiger partial charge is 0.351 e. The highest BCUT2D eigenvalue weighted by Crippen LogP contribution is 2.71. The third kappa shape index (κ3) is 3.02. The number of fused-ring (bicyclic) bond motifs is 3. The molecule has 2 aromatic carbocycles. The normalized spacial score (nSPS) is 22.7. The summed E-state index contributed by atoms with van der Waals surface area (Å²) in [5.41, 5.74) is 7.34. The molecular weight excluding hydrogens is 520 g/mol. The molecule has 8 rings (SSSR count). The maximum Gasteiger partial charge on any atom is 0.274 e. The Bertz CT molecular complexity index is 1990. The minimum absolute atomic E-state index is 0.00611. The smallest absolute Gasteiger partial charge is 0.274 e. The van der Waals surface area contributed by atoms with Crippen LogP contribution >= 0.6 is 11.3 Å². The lowest BCUT2D eigenvalue weighted by atomic mass is 9.82. The van der Waals surface area contributed by atoms with Crippen molar-refractivity contribution < 1.29 is 14.4 Å². The van der Waals surface area contributed by atoms with Gasteiger partial charge in [-0.25, -0.2) is 0 Å². The van der Waals surface area contributed by atoms with Crippen LogP contribution in [0.5, 0.6) is 0 Å². The number of H-pyrrole nitrogens is 2. The van der Waals surface area contributed by atoms with Crippen LogP contribution in [0.2, 0.25) is 0 Å². The molecule has 7 nitrogen and oxygen atoms in total. The van der Waals surface area contributed by atoms with Gasteiger partial charge in [0.2, 0.25) is 0 Å². The minimum atomic E-state index is -0.229. The highest BCUT2D eigenvalue weighted by Gasteiger charge is 2.73. The molecule has 2 aliphatic carbocycles. The van der Waals surface area contributed by atoms with Gasteiger partial charge in [0, 0.05) is 51.2 Å². The van der Waals surface area contributed by atoms with Crippen molar-refractivity contribution in [2.24, 2.45) is 11.8 Å². The van der Waals surface area contributed by atoms with E-state index in [0.29, 0.717) is 35.5 Å². The number of hydrogen-bond acceptors (Lipinski definition) is 4. The predicted molar refractivity (Wildman–Crippen MR) is 156 cm³/mol. The molecule has 4 heterocycles. The van der Waals surface area contributed by atoms with Gasteiger partial charge in [-0.1, -0.05) is 18.6 Å². The minimum Gasteiger partial charge on any atom is -0.351 e. The number of allylic oxidation sites excluding steroid dienone is 2. The number of piperidine rings is 1. The van der Waals surface area contributed by atoms with Crippen LogP contribution < -0.4 is 5.32 Å². The maximum absolute atomic E-state index is 13.8. The Morgan fingerprint density at radius 2 is 1.73 bits per heavy atom. The Morgan fingerprint density at radius 3 is 2.55 bits per heavy atom. The van der Waals surface area contributed by atoms with Gasteiger partial charge < -0.3 is 20.2 Å². The number of rotatable bonds is 3. The first kappa shape index (κ1) is 23.5. The van der Waals surface area contributed by atoms with Crippen molar-refractivity contribution in [3.05, 3.63) is 98.6 Å². The van der Waals surface area contributed by atoms with Gasteiger partial charge in [0.1, 0.15) is 11.4 Å². The Hall–Kier alpha value is -4.43. The first-order valence-corrected chi connectivity index (χ1v) is 14.3. The Kier molecular flexibility index (Phi) is 4.59. The highest BCUT2D eigenvalue weighted by atomic mass is 32.1. The first-order valence-electron chi connectivity index (χ1n) is 13.5. The molecule has 3 atom stereocenters. The first-order chi connectivity index (χ1) is 19.3. The molecule has 1 saturated carbocycles. The lowest BCUT2D eigenvalue weighted by Gasteiger charge is -2.29. The number of carbonyl (C=O) groups is 3. The van der Waals surface area contributed by atoms with Crippen molar-refractivity contribution in [2.75, 3.05) is 11.9 Å². The zero-order valence-corrected chi connectivity index (χ0v) is 23.0. The van der Waals surface area contributed by atoms with E-state index in [2.05, 4.69) is 34.5 Å². The van der Waals surface area contributed by atoms with Crippen molar-refractivity contribution in [1.82, 2.24) is 14.9 Å². The number of nitrogens with one attached hydrogen (secondary N) is 3. The van der Waals surface area contributed by atoms with Crippen LogP contribution in [0.4, 0.5) is 5.69 Å². The van der Waals surface area contributed by atoms with Crippen molar-refractivity contribution in [3.8, 4) is 0 Å². The van der Waals surface area contributed by atoms with Crippen LogP contribution in [0.1, 0.15) is 54.3 Å². The molecule has 1 saturated heterocycles. The van der Waals surface area contributed by atoms with E-state index in [-0.39, 0.29) is 23.0 Å². The number of aryl methyl sites for hydroxylation is 2. The van der Waals surface area contributed by atoms with Crippen molar-refractivity contribution in [3.63, 3.8) is 0 Å². The van der Waals surface area contributed by atoms with Crippen LogP contribution in [0.15, 0.2) is 65.7 Å². The van der Waals surface area contributed by atoms with Crippen LogP contribution in [0.3, 0.4) is 0 Å². The molecule has 8 heteroatoms. The van der Waals surface area contributed by atoms with Gasteiger partial charge >= 0.3 is 0 Å². The summed E-state index contributed by atoms with van der Waals surface area (Å²) in [5, 5.41) is 6.84. The van der Waals surface area contributed by atoms with Crippen molar-refractivity contribution in [1.29, 1.82) is 0 Å². The van der Waals surface area contributed by atoms with Crippen LogP contribution in [0, 0.1) is 25.7 Å². The second kappa shape index (κ2) is 7.82. The lowest BCUT2D eigenvalue weighted by Crippen LogP contribution is -2.35. The number of aromatic amines is 2. The van der Waals surface area contributed by atoms with Gasteiger partial charge in [-0.2, -0.15) is 0 Å². The highest BCUT2D eigenvalue weighted by molar-refractivity contribution is 7.12. The van der Waals surface area contributed by atoms with Crippen LogP contribution in [0.25, 0.3) is 21.8 Å². The number of thiophene rings is 1. The third-order valence-corrected chi connectivity index (χ3v) is 10.3. The Labute approximate surface area is 233 Å². The number of anilines is 1. The molecule has 5 aromatic rings. The predicted octanol–water partition coefficient (Wildman–Crippen LogP) is 6.32. The van der Waals surface area contributed by atoms with Gasteiger partial charge in [-0.05, 0) is 84.7 Å². The van der Waals surface area contributed by atoms with E-state index < -0.39 is 0 Å². The zero-order valence-electron chi connectivity index (χ0n) is 22.2. The standard InChI is InChI=1S/C32H26N4O3S/c1-15-4-6-22-18(8-15)10-24(34-22)30(38)33-20-5-7-23-19(9-20)11-25(35-23)31(39)36-13-21-17(3)32(21)27(36)12-26(37)29-28(32)16(2)14-40-29/h4-12,14,17,21,34-35H,13H2,1-3H3,(H,33,38)/t17-,21?,32?/m0/s1. The van der Waals surface area contributed by atoms with E-state index in [1.165, 1.54) is 11.3 Å². The fraction of sp³-hybridized carbons (Fsp3) is 0.219. The number of ketones is 1. The summed E-state index contributed by atoms with van der Waals surface area (Å²) in [6, 6.07) is 15.2. The molecule has 3 aliphatic rings. The summed E-state index contributed by atoms with van der Waals surface area (Å²) in [4.78, 5) is 48.8. The van der Waals surface area contributed by atoms with Gasteiger partial charge in [0.15, 0.2) is 5.78 Å². The average Bonchev–Trinajstić information content (AvgIpc) is 3.51. The summed E-state index contributed by atoms with van der Waals surface area (Å²) in [5.74, 6) is 0.353. The van der Waals surface area contributed by atoms with E-state index in [1.54, 1.807) is 11.0 Å². The van der Waals surface area contributed by atoms with Gasteiger partial charge in [-0.3, -0.25) is 14.4 Å². The van der Waals surface area contributed by atoms with E-state index in [0.717, 1.165) is 49.1 Å². The molecule has 1 aliphatic heterocycles. The topological polar surface area (TPSA) is 98.1 Å². The van der Waals surface area contributed by atoms with E-state index in [1.807, 2.05) is 55.5 Å². The molecule has 40 heavy (non-hydrogen) atoms. The number of aromatic nitrogens is 2. The molecular formula is C32H26N4O3S. The molecule has 3 aromatic heterocycles. The molecule has 1 spiro atoms. The average molecular weight is 547 g/mol. The number of nitrogens with zero attached hydrogens (tertiary/aromatic N) is 1. The molecule has 0 radical (unpaired) electrons. The summed E-state index contributed by atoms with van der Waals surface area (Å²) >= 11 is 1.51. The lowest BCUT2D eigenvalue weighted by molar-refractivity contribution is 0.0801. The van der Waals surface area contributed by atoms with Crippen LogP contribution in [-0.2, 0) is 5.41 Å². The molecule has 2 amide bonds. The van der Waals surface area contributed by atoms with Gasteiger partial charge in [0.05, 0.1) is 4.88 Å². The van der Waals surface area contributed by atoms with E-state index >= 15 is 0 Å². The quantitative estimate of drug-likeness (QED) is 0.247. The summed E-state index contributed by atoms with van der Waals surface area (Å²) in [7, 11) is 0. The molecule has 2 unspecified atom stereocenters. The Morgan fingerprint density at radius 1 is 1.00 bits per heavy atom. The molecule has 198 valence electrons. The van der Waals surface area contributed by atoms with E-state index in [4.69, 9.17) is 0 Å². The molecule has 2 fully saturated rings. The summed E-state index contributed by atoms with van der Waals surface area (Å²) in [6.07, 6.45) is 1.70. The number of likely N-dealkylation sites (tertiary alicyclic amines) is 1. The monoisotopic (exact) mass is 546 g/mol. The Balaban J connectivity index is 1.07. The van der Waals surface area contributed by atoms with Crippen molar-refractivity contribution in [2.45, 2.75) is 26.2 Å². The molecule has 0 bridgehead atoms. The number of carbonyl (C=O) groups excluding carboxylic acids is 3. The summed E-state index contributed by atoms with van der Waals surface area (Å²) in [6.45, 7) is 6.93. The molecule has 3 N–H and O–H groups in total. The van der Waals surface area contributed by atoms with Gasteiger partial charge in [-0.15, -0.1) is 11.3 Å². The second-order valence-corrected chi connectivity index (χ2v) is 12.3. The third-order valence-electron chi connectivity index (χ3n) is 9.15. The number of hydrogen-bond donors (Lipinski definition) is 3. The van der Waals surface area contributed by atoms with Crippen LogP contribution in [-0.4, -0.2) is 39.0 Å². The summed E-state index contributed by atoms with van der Waals surface area (Å²) < 4.78 is 0. The van der Waals surface area contributed by atoms with Crippen molar-refractivity contribution >= 4 is 56.4 Å². The zero-order chi connectivity index (χ0) is 27.5. The fourth-order valence-electron chi connectivity index (χ4n) is 7.20. The SMILES string of the molecule is Cc1ccc2[nH]c(C(=O)Nc3ccc4[nH]c(C(=O)N5CC6[C@H](C)C67C5=CC(=O)c5scc(C)c57)cc4c3)cc2c1. The maximum atomic E-state index is 13.8.